The van der Waals surface area contributed by atoms with Gasteiger partial charge in [0, 0.05) is 20.3 Å². The van der Waals surface area contributed by atoms with Crippen LogP contribution < -0.4 is 0 Å². The second-order valence-electron chi connectivity index (χ2n) is 6.74. The van der Waals surface area contributed by atoms with Crippen LogP contribution in [-0.2, 0) is 28.6 Å². The molecule has 0 saturated heterocycles. The maximum Gasteiger partial charge on any atom is 0.305 e. The standard InChI is InChI=1S/C25H36O6/c1-5-6-7-12-15-18-23(30-21(2)26)24(31-22(3)27)19-16-13-10-8-9-11-14-17-20-25(28)29-4/h7,9-13,15-16,18-19,23-24H,5-6,8,14,17,20H2,1-4H3/b11-9-,12-7+,13-10-,18-15-,19-16+/t23-,24+/m1/s1. The Hall–Kier alpha value is -2.89. The first-order chi connectivity index (χ1) is 14.9. The molecule has 0 radical (unpaired) electrons. The highest BCUT2D eigenvalue weighted by atomic mass is 16.6. The van der Waals surface area contributed by atoms with Gasteiger partial charge in [0.15, 0.2) is 12.2 Å². The summed E-state index contributed by atoms with van der Waals surface area (Å²) in [5, 5.41) is 0. The lowest BCUT2D eigenvalue weighted by Crippen LogP contribution is -2.31. The van der Waals surface area contributed by atoms with Crippen LogP contribution in [-0.4, -0.2) is 37.2 Å². The zero-order valence-corrected chi connectivity index (χ0v) is 19.1. The number of methoxy groups -OCH3 is 1. The Morgan fingerprint density at radius 2 is 1.35 bits per heavy atom. The number of hydrogen-bond acceptors (Lipinski definition) is 6. The number of hydrogen-bond donors (Lipinski definition) is 0. The maximum atomic E-state index is 11.5. The summed E-state index contributed by atoms with van der Waals surface area (Å²) < 4.78 is 15.2. The van der Waals surface area contributed by atoms with Gasteiger partial charge >= 0.3 is 17.9 Å². The number of unbranched alkanes of at least 4 members (excludes halogenated alkanes) is 2. The van der Waals surface area contributed by atoms with E-state index in [0.29, 0.717) is 6.42 Å². The molecule has 0 spiro atoms. The summed E-state index contributed by atoms with van der Waals surface area (Å²) in [4.78, 5) is 34.0. The highest BCUT2D eigenvalue weighted by molar-refractivity contribution is 5.69. The molecule has 0 aromatic carbocycles. The summed E-state index contributed by atoms with van der Waals surface area (Å²) in [6.07, 6.45) is 21.9. The summed E-state index contributed by atoms with van der Waals surface area (Å²) in [5.74, 6) is -1.11. The second kappa shape index (κ2) is 19.1. The minimum atomic E-state index is -0.726. The normalized spacial score (nSPS) is 14.1. The van der Waals surface area contributed by atoms with Crippen LogP contribution >= 0.6 is 0 Å². The number of esters is 3. The molecular weight excluding hydrogens is 396 g/mol. The Balaban J connectivity index is 4.81. The van der Waals surface area contributed by atoms with Crippen molar-refractivity contribution in [3.63, 3.8) is 0 Å². The van der Waals surface area contributed by atoms with Crippen LogP contribution in [0.15, 0.2) is 60.8 Å². The zero-order chi connectivity index (χ0) is 23.3. The minimum absolute atomic E-state index is 0.195. The Morgan fingerprint density at radius 1 is 0.774 bits per heavy atom. The largest absolute Gasteiger partial charge is 0.469 e. The fourth-order valence-electron chi connectivity index (χ4n) is 2.42. The van der Waals surface area contributed by atoms with Gasteiger partial charge < -0.3 is 14.2 Å². The predicted octanol–water partition coefficient (Wildman–Crippen LogP) is 5.16. The smallest absolute Gasteiger partial charge is 0.305 e. The molecule has 0 aliphatic heterocycles. The topological polar surface area (TPSA) is 78.9 Å². The minimum Gasteiger partial charge on any atom is -0.469 e. The van der Waals surface area contributed by atoms with Gasteiger partial charge in [0.25, 0.3) is 0 Å². The molecule has 0 amide bonds. The van der Waals surface area contributed by atoms with Gasteiger partial charge in [-0.15, -0.1) is 0 Å². The van der Waals surface area contributed by atoms with E-state index in [9.17, 15) is 14.4 Å². The lowest BCUT2D eigenvalue weighted by Gasteiger charge is -2.21. The number of carbonyl (C=O) groups excluding carboxylic acids is 3. The molecule has 0 aromatic heterocycles. The fourth-order valence-corrected chi connectivity index (χ4v) is 2.42. The van der Waals surface area contributed by atoms with Crippen molar-refractivity contribution >= 4 is 17.9 Å². The van der Waals surface area contributed by atoms with E-state index in [1.54, 1.807) is 24.3 Å². The van der Waals surface area contributed by atoms with E-state index in [0.717, 1.165) is 32.1 Å². The van der Waals surface area contributed by atoms with Crippen molar-refractivity contribution in [1.82, 2.24) is 0 Å². The summed E-state index contributed by atoms with van der Waals surface area (Å²) in [7, 11) is 1.39. The van der Waals surface area contributed by atoms with Gasteiger partial charge in [0.2, 0.25) is 0 Å². The molecule has 172 valence electrons. The summed E-state index contributed by atoms with van der Waals surface area (Å²) in [6, 6.07) is 0. The SMILES string of the molecule is CCC/C=C/C=C\[C@@H](OC(C)=O)[C@H](/C=C/C=C\C/C=C\CCCC(=O)OC)OC(C)=O. The van der Waals surface area contributed by atoms with E-state index >= 15 is 0 Å². The molecule has 0 saturated carbocycles. The number of rotatable bonds is 15. The van der Waals surface area contributed by atoms with Gasteiger partial charge in [-0.3, -0.25) is 14.4 Å². The number of carbonyl (C=O) groups is 3. The summed E-state index contributed by atoms with van der Waals surface area (Å²) >= 11 is 0. The number of allylic oxidation sites excluding steroid dienone is 8. The zero-order valence-electron chi connectivity index (χ0n) is 19.1. The molecule has 0 N–H and O–H groups in total. The van der Waals surface area contributed by atoms with Crippen molar-refractivity contribution in [1.29, 1.82) is 0 Å². The van der Waals surface area contributed by atoms with Crippen molar-refractivity contribution in [2.75, 3.05) is 7.11 Å². The molecule has 31 heavy (non-hydrogen) atoms. The van der Waals surface area contributed by atoms with E-state index in [4.69, 9.17) is 9.47 Å². The van der Waals surface area contributed by atoms with E-state index in [1.165, 1.54) is 21.0 Å². The Kier molecular flexibility index (Phi) is 17.3. The van der Waals surface area contributed by atoms with Crippen molar-refractivity contribution in [3.05, 3.63) is 60.8 Å². The lowest BCUT2D eigenvalue weighted by atomic mass is 10.1. The quantitative estimate of drug-likeness (QED) is 0.117. The number of ether oxygens (including phenoxy) is 3. The van der Waals surface area contributed by atoms with Gasteiger partial charge in [-0.1, -0.05) is 62.0 Å². The molecule has 0 aliphatic carbocycles. The summed E-state index contributed by atoms with van der Waals surface area (Å²) in [6.45, 7) is 4.73. The van der Waals surface area contributed by atoms with E-state index in [1.807, 2.05) is 36.5 Å². The average Bonchev–Trinajstić information content (AvgIpc) is 2.72. The molecule has 0 aromatic rings. The van der Waals surface area contributed by atoms with Crippen molar-refractivity contribution in [2.24, 2.45) is 0 Å². The molecule has 6 nitrogen and oxygen atoms in total. The van der Waals surface area contributed by atoms with E-state index in [2.05, 4.69) is 11.7 Å². The lowest BCUT2D eigenvalue weighted by molar-refractivity contribution is -0.158. The molecule has 0 rings (SSSR count). The highest BCUT2D eigenvalue weighted by Gasteiger charge is 2.22. The molecule has 0 unspecified atom stereocenters. The van der Waals surface area contributed by atoms with Crippen molar-refractivity contribution in [3.8, 4) is 0 Å². The van der Waals surface area contributed by atoms with Crippen LogP contribution in [0.4, 0.5) is 0 Å². The first kappa shape index (κ1) is 28.1. The van der Waals surface area contributed by atoms with Gasteiger partial charge in [-0.2, -0.15) is 0 Å². The van der Waals surface area contributed by atoms with Gasteiger partial charge in [-0.05, 0) is 37.8 Å². The van der Waals surface area contributed by atoms with E-state index in [-0.39, 0.29) is 5.97 Å². The monoisotopic (exact) mass is 432 g/mol. The first-order valence-electron chi connectivity index (χ1n) is 10.6. The third kappa shape index (κ3) is 17.7. The average molecular weight is 433 g/mol. The molecule has 0 fully saturated rings. The maximum absolute atomic E-state index is 11.5. The fraction of sp³-hybridized carbons (Fsp3) is 0.480. The molecule has 0 bridgehead atoms. The Morgan fingerprint density at radius 3 is 1.87 bits per heavy atom. The molecule has 2 atom stereocenters. The van der Waals surface area contributed by atoms with Crippen LogP contribution in [0.3, 0.4) is 0 Å². The first-order valence-corrected chi connectivity index (χ1v) is 10.6. The Bertz CT molecular complexity index is 669. The highest BCUT2D eigenvalue weighted by Crippen LogP contribution is 2.10. The third-order valence-corrected chi connectivity index (χ3v) is 3.90. The molecule has 6 heteroatoms. The van der Waals surface area contributed by atoms with E-state index < -0.39 is 24.1 Å². The van der Waals surface area contributed by atoms with Crippen LogP contribution in [0, 0.1) is 0 Å². The van der Waals surface area contributed by atoms with Crippen LogP contribution in [0.5, 0.6) is 0 Å². The van der Waals surface area contributed by atoms with Gasteiger partial charge in [0.05, 0.1) is 7.11 Å². The molecule has 0 heterocycles. The summed E-state index contributed by atoms with van der Waals surface area (Å²) in [5.41, 5.74) is 0. The van der Waals surface area contributed by atoms with Crippen molar-refractivity contribution in [2.45, 2.75) is 71.5 Å². The van der Waals surface area contributed by atoms with Crippen LogP contribution in [0.1, 0.15) is 59.3 Å². The predicted molar refractivity (Wildman–Crippen MR) is 122 cm³/mol. The third-order valence-electron chi connectivity index (χ3n) is 3.90. The second-order valence-corrected chi connectivity index (χ2v) is 6.74. The molecule has 0 aliphatic rings. The molecular formula is C25H36O6. The van der Waals surface area contributed by atoms with Crippen LogP contribution in [0.25, 0.3) is 0 Å². The van der Waals surface area contributed by atoms with Gasteiger partial charge in [-0.25, -0.2) is 0 Å². The van der Waals surface area contributed by atoms with Crippen LogP contribution in [0.2, 0.25) is 0 Å². The Labute approximate surface area is 186 Å². The van der Waals surface area contributed by atoms with Gasteiger partial charge in [0.1, 0.15) is 0 Å². The van der Waals surface area contributed by atoms with Crippen molar-refractivity contribution < 1.29 is 28.6 Å².